The van der Waals surface area contributed by atoms with Crippen LogP contribution in [-0.4, -0.2) is 42.8 Å². The number of nitrogens with zero attached hydrogens (tertiary/aromatic N) is 1. The van der Waals surface area contributed by atoms with Crippen LogP contribution in [0, 0.1) is 0 Å². The highest BCUT2D eigenvalue weighted by molar-refractivity contribution is 5.21. The summed E-state index contributed by atoms with van der Waals surface area (Å²) in [7, 11) is 0. The molecule has 1 aromatic rings. The summed E-state index contributed by atoms with van der Waals surface area (Å²) in [4.78, 5) is 2.69. The van der Waals surface area contributed by atoms with E-state index in [1.54, 1.807) is 0 Å². The van der Waals surface area contributed by atoms with Gasteiger partial charge in [0, 0.05) is 37.3 Å². The predicted molar refractivity (Wildman–Crippen MR) is 81.8 cm³/mol. The van der Waals surface area contributed by atoms with E-state index in [1.807, 2.05) is 0 Å². The van der Waals surface area contributed by atoms with Crippen molar-refractivity contribution in [3.8, 4) is 0 Å². The number of hydrogen-bond acceptors (Lipinski definition) is 3. The molecule has 3 heteroatoms. The molecule has 2 fully saturated rings. The molecule has 0 radical (unpaired) electrons. The molecule has 1 aromatic carbocycles. The average Bonchev–Trinajstić information content (AvgIpc) is 2.95. The fourth-order valence-corrected chi connectivity index (χ4v) is 3.54. The van der Waals surface area contributed by atoms with Crippen LogP contribution >= 0.6 is 0 Å². The maximum Gasteiger partial charge on any atom is 0.0648 e. The van der Waals surface area contributed by atoms with E-state index in [0.717, 1.165) is 32.7 Å². The minimum atomic E-state index is 0.191. The first-order chi connectivity index (χ1) is 9.73. The van der Waals surface area contributed by atoms with E-state index in [-0.39, 0.29) is 5.54 Å². The summed E-state index contributed by atoms with van der Waals surface area (Å²) in [6, 6.07) is 12.0. The Bertz CT molecular complexity index is 428. The lowest BCUT2D eigenvalue weighted by molar-refractivity contribution is 0.0106. The van der Waals surface area contributed by atoms with Gasteiger partial charge in [0.15, 0.2) is 0 Å². The molecule has 3 rings (SSSR count). The van der Waals surface area contributed by atoms with Gasteiger partial charge in [0.05, 0.1) is 6.61 Å². The Hall–Kier alpha value is -0.900. The standard InChI is InChI=1S/C17H26N2O/c1-3-15-12-19(17(2)9-10-20-13-17)16(11-18-15)14-7-5-4-6-8-14/h4-8,15-16,18H,3,9-13H2,1-2H3. The van der Waals surface area contributed by atoms with Crippen LogP contribution in [0.3, 0.4) is 0 Å². The zero-order valence-electron chi connectivity index (χ0n) is 12.6. The van der Waals surface area contributed by atoms with Gasteiger partial charge in [-0.2, -0.15) is 0 Å². The second-order valence-corrected chi connectivity index (χ2v) is 6.39. The van der Waals surface area contributed by atoms with Crippen molar-refractivity contribution in [1.29, 1.82) is 0 Å². The summed E-state index contributed by atoms with van der Waals surface area (Å²) in [5, 5.41) is 3.71. The minimum Gasteiger partial charge on any atom is -0.379 e. The van der Waals surface area contributed by atoms with Crippen molar-refractivity contribution in [3.05, 3.63) is 35.9 Å². The van der Waals surface area contributed by atoms with E-state index >= 15 is 0 Å². The van der Waals surface area contributed by atoms with Crippen molar-refractivity contribution in [3.63, 3.8) is 0 Å². The predicted octanol–water partition coefficient (Wildman–Crippen LogP) is 2.59. The third-order valence-corrected chi connectivity index (χ3v) is 4.96. The largest absolute Gasteiger partial charge is 0.379 e. The monoisotopic (exact) mass is 274 g/mol. The van der Waals surface area contributed by atoms with E-state index < -0.39 is 0 Å². The first-order valence-electron chi connectivity index (χ1n) is 7.86. The van der Waals surface area contributed by atoms with E-state index in [4.69, 9.17) is 4.74 Å². The van der Waals surface area contributed by atoms with Gasteiger partial charge in [0.25, 0.3) is 0 Å². The molecule has 1 N–H and O–H groups in total. The Kier molecular flexibility index (Phi) is 4.11. The zero-order chi connectivity index (χ0) is 14.0. The van der Waals surface area contributed by atoms with Crippen LogP contribution in [0.2, 0.25) is 0 Å². The van der Waals surface area contributed by atoms with Crippen LogP contribution in [0.25, 0.3) is 0 Å². The molecule has 20 heavy (non-hydrogen) atoms. The van der Waals surface area contributed by atoms with E-state index in [2.05, 4.69) is 54.4 Å². The van der Waals surface area contributed by atoms with Crippen molar-refractivity contribution >= 4 is 0 Å². The highest BCUT2D eigenvalue weighted by Gasteiger charge is 2.42. The highest BCUT2D eigenvalue weighted by atomic mass is 16.5. The Balaban J connectivity index is 1.87. The Morgan fingerprint density at radius 2 is 2.15 bits per heavy atom. The van der Waals surface area contributed by atoms with Gasteiger partial charge in [0.2, 0.25) is 0 Å². The van der Waals surface area contributed by atoms with Gasteiger partial charge in [0.1, 0.15) is 0 Å². The van der Waals surface area contributed by atoms with Crippen LogP contribution in [0.5, 0.6) is 0 Å². The summed E-state index contributed by atoms with van der Waals surface area (Å²) >= 11 is 0. The Morgan fingerprint density at radius 1 is 1.35 bits per heavy atom. The molecule has 110 valence electrons. The van der Waals surface area contributed by atoms with Gasteiger partial charge in [-0.1, -0.05) is 37.3 Å². The lowest BCUT2D eigenvalue weighted by atomic mass is 9.90. The second kappa shape index (κ2) is 5.84. The molecule has 0 amide bonds. The number of rotatable bonds is 3. The first kappa shape index (κ1) is 14.1. The molecular formula is C17H26N2O. The normalized spacial score (nSPS) is 35.3. The zero-order valence-corrected chi connectivity index (χ0v) is 12.6. The third kappa shape index (κ3) is 2.62. The topological polar surface area (TPSA) is 24.5 Å². The molecule has 0 aliphatic carbocycles. The average molecular weight is 274 g/mol. The van der Waals surface area contributed by atoms with Crippen LogP contribution in [0.1, 0.15) is 38.3 Å². The van der Waals surface area contributed by atoms with Crippen LogP contribution in [0.15, 0.2) is 30.3 Å². The number of piperazine rings is 1. The summed E-state index contributed by atoms with van der Waals surface area (Å²) in [5.41, 5.74) is 1.61. The summed E-state index contributed by atoms with van der Waals surface area (Å²) < 4.78 is 5.70. The molecule has 0 aromatic heterocycles. The molecule has 3 nitrogen and oxygen atoms in total. The van der Waals surface area contributed by atoms with Gasteiger partial charge in [-0.05, 0) is 25.3 Å². The maximum absolute atomic E-state index is 5.70. The lowest BCUT2D eigenvalue weighted by Gasteiger charge is -2.48. The first-order valence-corrected chi connectivity index (χ1v) is 7.86. The SMILES string of the molecule is CCC1CN(C2(C)CCOC2)C(c2ccccc2)CN1. The smallest absolute Gasteiger partial charge is 0.0648 e. The molecule has 3 atom stereocenters. The molecule has 2 saturated heterocycles. The lowest BCUT2D eigenvalue weighted by Crippen LogP contribution is -2.60. The fourth-order valence-electron chi connectivity index (χ4n) is 3.54. The van der Waals surface area contributed by atoms with Gasteiger partial charge in [-0.25, -0.2) is 0 Å². The van der Waals surface area contributed by atoms with Crippen molar-refractivity contribution in [2.45, 2.75) is 44.3 Å². The van der Waals surface area contributed by atoms with Crippen molar-refractivity contribution in [1.82, 2.24) is 10.2 Å². The number of nitrogens with one attached hydrogen (secondary N) is 1. The highest BCUT2D eigenvalue weighted by Crippen LogP contribution is 2.35. The maximum atomic E-state index is 5.70. The van der Waals surface area contributed by atoms with Crippen molar-refractivity contribution in [2.75, 3.05) is 26.3 Å². The van der Waals surface area contributed by atoms with Gasteiger partial charge in [-0.15, -0.1) is 0 Å². The Morgan fingerprint density at radius 3 is 2.80 bits per heavy atom. The van der Waals surface area contributed by atoms with Crippen LogP contribution in [-0.2, 0) is 4.74 Å². The summed E-state index contributed by atoms with van der Waals surface area (Å²) in [5.74, 6) is 0. The minimum absolute atomic E-state index is 0.191. The molecule has 0 saturated carbocycles. The molecule has 2 aliphatic heterocycles. The van der Waals surface area contributed by atoms with Gasteiger partial charge < -0.3 is 10.1 Å². The van der Waals surface area contributed by atoms with Crippen molar-refractivity contribution < 1.29 is 4.74 Å². The molecular weight excluding hydrogens is 248 g/mol. The molecule has 0 spiro atoms. The quantitative estimate of drug-likeness (QED) is 0.917. The Labute approximate surface area is 122 Å². The molecule has 3 unspecified atom stereocenters. The summed E-state index contributed by atoms with van der Waals surface area (Å²) in [6.07, 6.45) is 2.34. The van der Waals surface area contributed by atoms with Gasteiger partial charge in [-0.3, -0.25) is 4.90 Å². The fraction of sp³-hybridized carbons (Fsp3) is 0.647. The van der Waals surface area contributed by atoms with Crippen molar-refractivity contribution in [2.24, 2.45) is 0 Å². The van der Waals surface area contributed by atoms with E-state index in [9.17, 15) is 0 Å². The van der Waals surface area contributed by atoms with Crippen LogP contribution in [0.4, 0.5) is 0 Å². The second-order valence-electron chi connectivity index (χ2n) is 6.39. The van der Waals surface area contributed by atoms with Gasteiger partial charge >= 0.3 is 0 Å². The molecule has 2 heterocycles. The molecule has 2 aliphatic rings. The number of hydrogen-bond donors (Lipinski definition) is 1. The van der Waals surface area contributed by atoms with E-state index in [0.29, 0.717) is 12.1 Å². The third-order valence-electron chi connectivity index (χ3n) is 4.96. The van der Waals surface area contributed by atoms with E-state index in [1.165, 1.54) is 12.0 Å². The number of ether oxygens (including phenoxy) is 1. The molecule has 0 bridgehead atoms. The van der Waals surface area contributed by atoms with Crippen LogP contribution < -0.4 is 5.32 Å². The summed E-state index contributed by atoms with van der Waals surface area (Å²) in [6.45, 7) is 8.57. The number of benzene rings is 1.